The van der Waals surface area contributed by atoms with Crippen molar-refractivity contribution in [3.05, 3.63) is 29.8 Å². The lowest BCUT2D eigenvalue weighted by Crippen LogP contribution is -2.30. The lowest BCUT2D eigenvalue weighted by Gasteiger charge is -2.06. The molecule has 0 bridgehead atoms. The molecule has 0 amide bonds. The predicted molar refractivity (Wildman–Crippen MR) is 58.3 cm³/mol. The smallest absolute Gasteiger partial charge is 0.328 e. The summed E-state index contributed by atoms with van der Waals surface area (Å²) in [6, 6.07) is 6.43. The molecular weight excluding hydrogens is 190 g/mol. The second-order valence-corrected chi connectivity index (χ2v) is 3.23. The van der Waals surface area contributed by atoms with Crippen LogP contribution in [0.5, 0.6) is 5.75 Å². The van der Waals surface area contributed by atoms with E-state index in [0.717, 1.165) is 5.56 Å². The van der Waals surface area contributed by atoms with Gasteiger partial charge in [0.1, 0.15) is 11.8 Å². The van der Waals surface area contributed by atoms with Crippen molar-refractivity contribution < 1.29 is 9.53 Å². The molecular formula is C12H13NO2. The highest BCUT2D eigenvalue weighted by molar-refractivity contribution is 5.77. The molecule has 1 atom stereocenters. The Morgan fingerprint density at radius 3 is 2.60 bits per heavy atom. The van der Waals surface area contributed by atoms with E-state index in [1.54, 1.807) is 19.1 Å². The van der Waals surface area contributed by atoms with E-state index in [1.807, 2.05) is 12.1 Å². The molecule has 15 heavy (non-hydrogen) atoms. The predicted octanol–water partition coefficient (Wildman–Crippen LogP) is 1.11. The molecule has 0 aromatic heterocycles. The van der Waals surface area contributed by atoms with Gasteiger partial charge in [0.2, 0.25) is 0 Å². The number of hydrogen-bond donors (Lipinski definition) is 1. The fraction of sp³-hybridized carbons (Fsp3) is 0.250. The van der Waals surface area contributed by atoms with Crippen molar-refractivity contribution in [2.24, 2.45) is 5.73 Å². The number of ether oxygens (including phenoxy) is 1. The molecule has 0 spiro atoms. The van der Waals surface area contributed by atoms with Crippen molar-refractivity contribution in [1.29, 1.82) is 0 Å². The van der Waals surface area contributed by atoms with Gasteiger partial charge >= 0.3 is 5.97 Å². The SMILES string of the molecule is C#CCc1ccc(OC(=O)[C@H](C)N)cc1. The second-order valence-electron chi connectivity index (χ2n) is 3.23. The molecule has 1 aromatic rings. The van der Waals surface area contributed by atoms with Gasteiger partial charge in [0.05, 0.1) is 0 Å². The van der Waals surface area contributed by atoms with Gasteiger partial charge in [-0.05, 0) is 24.6 Å². The second kappa shape index (κ2) is 5.18. The van der Waals surface area contributed by atoms with Gasteiger partial charge in [-0.3, -0.25) is 0 Å². The van der Waals surface area contributed by atoms with Gasteiger partial charge in [0, 0.05) is 6.42 Å². The summed E-state index contributed by atoms with van der Waals surface area (Å²) in [6.45, 7) is 1.58. The lowest BCUT2D eigenvalue weighted by atomic mass is 10.1. The van der Waals surface area contributed by atoms with E-state index in [2.05, 4.69) is 5.92 Å². The fourth-order valence-corrected chi connectivity index (χ4v) is 1.00. The maximum atomic E-state index is 11.1. The summed E-state index contributed by atoms with van der Waals surface area (Å²) in [5, 5.41) is 0. The molecule has 1 rings (SSSR count). The minimum Gasteiger partial charge on any atom is -0.425 e. The molecule has 0 unspecified atom stereocenters. The summed E-state index contributed by atoms with van der Waals surface area (Å²) in [7, 11) is 0. The Morgan fingerprint density at radius 2 is 2.13 bits per heavy atom. The number of benzene rings is 1. The van der Waals surface area contributed by atoms with Gasteiger partial charge in [-0.15, -0.1) is 12.3 Å². The van der Waals surface area contributed by atoms with Crippen LogP contribution in [0, 0.1) is 12.3 Å². The van der Waals surface area contributed by atoms with Crippen molar-refractivity contribution in [3.63, 3.8) is 0 Å². The van der Waals surface area contributed by atoms with Crippen LogP contribution >= 0.6 is 0 Å². The van der Waals surface area contributed by atoms with Crippen LogP contribution in [0.4, 0.5) is 0 Å². The quantitative estimate of drug-likeness (QED) is 0.455. The molecule has 0 heterocycles. The van der Waals surface area contributed by atoms with Gasteiger partial charge in [0.15, 0.2) is 0 Å². The first-order chi connectivity index (χ1) is 7.13. The van der Waals surface area contributed by atoms with Crippen LogP contribution in [0.2, 0.25) is 0 Å². The maximum Gasteiger partial charge on any atom is 0.328 e. The summed E-state index contributed by atoms with van der Waals surface area (Å²) >= 11 is 0. The number of hydrogen-bond acceptors (Lipinski definition) is 3. The molecule has 0 saturated carbocycles. The summed E-state index contributed by atoms with van der Waals surface area (Å²) in [5.74, 6) is 2.57. The summed E-state index contributed by atoms with van der Waals surface area (Å²) < 4.78 is 4.99. The van der Waals surface area contributed by atoms with E-state index < -0.39 is 12.0 Å². The molecule has 0 fully saturated rings. The maximum absolute atomic E-state index is 11.1. The number of nitrogens with two attached hydrogens (primary N) is 1. The third-order valence-electron chi connectivity index (χ3n) is 1.82. The molecule has 0 saturated heterocycles. The Hall–Kier alpha value is -1.79. The van der Waals surface area contributed by atoms with Crippen molar-refractivity contribution in [3.8, 4) is 18.1 Å². The van der Waals surface area contributed by atoms with E-state index in [1.165, 1.54) is 0 Å². The molecule has 0 radical (unpaired) electrons. The first-order valence-corrected chi connectivity index (χ1v) is 4.63. The molecule has 0 aliphatic heterocycles. The van der Waals surface area contributed by atoms with Crippen LogP contribution < -0.4 is 10.5 Å². The average Bonchev–Trinajstić information content (AvgIpc) is 2.21. The molecule has 0 aliphatic rings. The molecule has 1 aromatic carbocycles. The number of carbonyl (C=O) groups excluding carboxylic acids is 1. The van der Waals surface area contributed by atoms with Crippen LogP contribution in [0.25, 0.3) is 0 Å². The standard InChI is InChI=1S/C12H13NO2/c1-3-4-10-5-7-11(8-6-10)15-12(14)9(2)13/h1,5-9H,4,13H2,2H3/t9-/m0/s1. The van der Waals surface area contributed by atoms with Crippen LogP contribution in [0.1, 0.15) is 12.5 Å². The topological polar surface area (TPSA) is 52.3 Å². The number of terminal acetylenes is 1. The van der Waals surface area contributed by atoms with Gasteiger partial charge in [-0.1, -0.05) is 12.1 Å². The van der Waals surface area contributed by atoms with Crippen LogP contribution in [0.3, 0.4) is 0 Å². The Bertz CT molecular complexity index is 374. The van der Waals surface area contributed by atoms with Gasteiger partial charge < -0.3 is 10.5 Å². The summed E-state index contributed by atoms with van der Waals surface area (Å²) in [5.41, 5.74) is 6.37. The Kier molecular flexibility index (Phi) is 3.90. The molecule has 0 aliphatic carbocycles. The van der Waals surface area contributed by atoms with Crippen LogP contribution in [-0.2, 0) is 11.2 Å². The highest BCUT2D eigenvalue weighted by Gasteiger charge is 2.09. The normalized spacial score (nSPS) is 11.5. The van der Waals surface area contributed by atoms with Gasteiger partial charge in [-0.25, -0.2) is 4.79 Å². The lowest BCUT2D eigenvalue weighted by molar-refractivity contribution is -0.135. The Balaban J connectivity index is 2.65. The summed E-state index contributed by atoms with van der Waals surface area (Å²) in [6.07, 6.45) is 5.74. The molecule has 3 heteroatoms. The average molecular weight is 203 g/mol. The first-order valence-electron chi connectivity index (χ1n) is 4.63. The fourth-order valence-electron chi connectivity index (χ4n) is 1.00. The van der Waals surface area contributed by atoms with Gasteiger partial charge in [-0.2, -0.15) is 0 Å². The van der Waals surface area contributed by atoms with E-state index in [4.69, 9.17) is 16.9 Å². The van der Waals surface area contributed by atoms with Crippen molar-refractivity contribution in [2.45, 2.75) is 19.4 Å². The van der Waals surface area contributed by atoms with Crippen LogP contribution in [0.15, 0.2) is 24.3 Å². The monoisotopic (exact) mass is 203 g/mol. The Morgan fingerprint density at radius 1 is 1.53 bits per heavy atom. The molecule has 3 nitrogen and oxygen atoms in total. The van der Waals surface area contributed by atoms with E-state index in [9.17, 15) is 4.79 Å². The highest BCUT2D eigenvalue weighted by Crippen LogP contribution is 2.12. The zero-order chi connectivity index (χ0) is 11.3. The van der Waals surface area contributed by atoms with E-state index in [0.29, 0.717) is 12.2 Å². The van der Waals surface area contributed by atoms with Crippen LogP contribution in [-0.4, -0.2) is 12.0 Å². The largest absolute Gasteiger partial charge is 0.425 e. The van der Waals surface area contributed by atoms with Crippen molar-refractivity contribution in [1.82, 2.24) is 0 Å². The zero-order valence-corrected chi connectivity index (χ0v) is 8.57. The number of rotatable bonds is 3. The van der Waals surface area contributed by atoms with E-state index in [-0.39, 0.29) is 0 Å². The third-order valence-corrected chi connectivity index (χ3v) is 1.82. The highest BCUT2D eigenvalue weighted by atomic mass is 16.5. The van der Waals surface area contributed by atoms with E-state index >= 15 is 0 Å². The van der Waals surface area contributed by atoms with Gasteiger partial charge in [0.25, 0.3) is 0 Å². The van der Waals surface area contributed by atoms with Crippen molar-refractivity contribution >= 4 is 5.97 Å². The number of esters is 1. The number of carbonyl (C=O) groups is 1. The molecule has 78 valence electrons. The first kappa shape index (κ1) is 11.3. The zero-order valence-electron chi connectivity index (χ0n) is 8.57. The Labute approximate surface area is 89.2 Å². The minimum atomic E-state index is -0.615. The van der Waals surface area contributed by atoms with Crippen molar-refractivity contribution in [2.75, 3.05) is 0 Å². The third kappa shape index (κ3) is 3.45. The molecule has 2 N–H and O–H groups in total. The summed E-state index contributed by atoms with van der Waals surface area (Å²) in [4.78, 5) is 11.1. The minimum absolute atomic E-state index is 0.445.